The van der Waals surface area contributed by atoms with Gasteiger partial charge in [0.25, 0.3) is 0 Å². The molecule has 7 aliphatic heterocycles. The van der Waals surface area contributed by atoms with E-state index in [1.165, 1.54) is 92.3 Å². The minimum atomic E-state index is -2.65. The number of ether oxygens (including phenoxy) is 1. The van der Waals surface area contributed by atoms with Crippen molar-refractivity contribution in [3.8, 4) is 0 Å². The molecule has 7 heterocycles. The van der Waals surface area contributed by atoms with Crippen LogP contribution in [0.4, 0.5) is 0 Å². The highest BCUT2D eigenvalue weighted by molar-refractivity contribution is 7.99. The van der Waals surface area contributed by atoms with Crippen molar-refractivity contribution >= 4 is 65.8 Å². The minimum Gasteiger partial charge on any atom is -0.381 e. The fraction of sp³-hybridized carbons (Fsp3) is 1.00. The third-order valence-corrected chi connectivity index (χ3v) is 21.8. The van der Waals surface area contributed by atoms with E-state index in [1.807, 2.05) is 13.8 Å². The smallest absolute Gasteiger partial charge is 0.150 e. The molecule has 0 saturated carbocycles. The Kier molecular flexibility index (Phi) is 26.0. The van der Waals surface area contributed by atoms with Crippen LogP contribution in [-0.2, 0) is 35.2 Å². The summed E-state index contributed by atoms with van der Waals surface area (Å²) in [6, 6.07) is 0. The fourth-order valence-corrected chi connectivity index (χ4v) is 18.0. The van der Waals surface area contributed by atoms with Crippen LogP contribution in [0.2, 0.25) is 0 Å². The normalized spacial score (nSPS) is 29.5. The van der Waals surface area contributed by atoms with Crippen LogP contribution in [0.3, 0.4) is 0 Å². The zero-order valence-corrected chi connectivity index (χ0v) is 46.4. The quantitative estimate of drug-likeness (QED) is 0.235. The molecular formula is C48H96O6S6. The van der Waals surface area contributed by atoms with Gasteiger partial charge in [0.05, 0.1) is 23.0 Å². The van der Waals surface area contributed by atoms with Crippen LogP contribution in [0.15, 0.2) is 0 Å². The maximum atomic E-state index is 10.9. The lowest BCUT2D eigenvalue weighted by atomic mass is 9.85. The summed E-state index contributed by atoms with van der Waals surface area (Å²) in [7, 11) is -5.80. The Morgan fingerprint density at radius 3 is 1.20 bits per heavy atom. The fourth-order valence-electron chi connectivity index (χ4n) is 7.38. The predicted molar refractivity (Wildman–Crippen MR) is 274 cm³/mol. The van der Waals surface area contributed by atoms with Crippen molar-refractivity contribution in [1.82, 2.24) is 0 Å². The van der Waals surface area contributed by atoms with Gasteiger partial charge >= 0.3 is 0 Å². The second-order valence-electron chi connectivity index (χ2n) is 24.0. The van der Waals surface area contributed by atoms with Crippen LogP contribution in [0.5, 0.6) is 0 Å². The molecule has 0 amide bonds. The van der Waals surface area contributed by atoms with E-state index in [-0.39, 0.29) is 10.8 Å². The Morgan fingerprint density at radius 1 is 0.417 bits per heavy atom. The van der Waals surface area contributed by atoms with E-state index >= 15 is 0 Å². The molecule has 0 aliphatic carbocycles. The second kappa shape index (κ2) is 26.4. The molecule has 12 heteroatoms. The largest absolute Gasteiger partial charge is 0.381 e. The minimum absolute atomic E-state index is 0.0405. The Labute approximate surface area is 389 Å². The molecule has 6 nitrogen and oxygen atoms in total. The molecule has 0 aromatic rings. The summed E-state index contributed by atoms with van der Waals surface area (Å²) < 4.78 is 59.7. The molecule has 1 atom stereocenters. The van der Waals surface area contributed by atoms with Crippen molar-refractivity contribution in [2.75, 3.05) is 82.2 Å². The van der Waals surface area contributed by atoms with Crippen LogP contribution < -0.4 is 0 Å². The first-order valence-electron chi connectivity index (χ1n) is 23.3. The summed E-state index contributed by atoms with van der Waals surface area (Å²) in [6.45, 7) is 33.4. The van der Waals surface area contributed by atoms with Crippen molar-refractivity contribution in [1.29, 1.82) is 0 Å². The van der Waals surface area contributed by atoms with Gasteiger partial charge in [-0.2, -0.15) is 35.3 Å². The van der Waals surface area contributed by atoms with E-state index in [9.17, 15) is 21.0 Å². The SMILES string of the molecule is CC1(C)CCCOCC1.CC1(C)CCCSCC1.CC1(C)CCS(=O)(=O)C1.CC1(C)CCS(=O)(=O)CC1.CC1(C)CCS(=O)C1.CC1(C)CCSC1.CC1(C)CCSCC1. The zero-order chi connectivity index (χ0) is 46.0. The molecule has 7 aliphatic rings. The van der Waals surface area contributed by atoms with Crippen LogP contribution in [-0.4, -0.2) is 103 Å². The molecule has 1 unspecified atom stereocenters. The third-order valence-electron chi connectivity index (χ3n) is 12.8. The van der Waals surface area contributed by atoms with Crippen molar-refractivity contribution < 1.29 is 25.8 Å². The van der Waals surface area contributed by atoms with Gasteiger partial charge in [-0.1, -0.05) is 96.9 Å². The number of thioether (sulfide) groups is 3. The van der Waals surface area contributed by atoms with Crippen LogP contribution in [0.25, 0.3) is 0 Å². The van der Waals surface area contributed by atoms with Gasteiger partial charge in [0, 0.05) is 35.5 Å². The van der Waals surface area contributed by atoms with E-state index < -0.39 is 30.5 Å². The zero-order valence-electron chi connectivity index (χ0n) is 41.5. The number of sulfone groups is 2. The Morgan fingerprint density at radius 2 is 0.850 bits per heavy atom. The Bertz CT molecular complexity index is 1370. The summed E-state index contributed by atoms with van der Waals surface area (Å²) in [4.78, 5) is 0. The highest BCUT2D eigenvalue weighted by atomic mass is 32.2. The number of rotatable bonds is 0. The maximum Gasteiger partial charge on any atom is 0.150 e. The van der Waals surface area contributed by atoms with Gasteiger partial charge in [0.1, 0.15) is 9.84 Å². The standard InChI is InChI=1S/C8H16O.C8H16S.C7H14O2S.C7H14S.C6H12O2S.C6H12OS.C6H12S/c2*1-8(2)4-3-6-9-7-5-8;1-7(2)3-5-10(8,9)6-4-7;1-7(2)3-5-8-6-4-7;1-6(2)3-4-9(7,8)5-6;1-6(2)3-4-8(7)5-6;1-6(2)3-4-7-5-6/h2*3-7H2,1-2H3;3-6H2,1-2H3;3-6H2,1-2H3;3-5H2,1-2H3;3-5H2,1-2H3;3-5H2,1-2H3. The number of hydrogen-bond donors (Lipinski definition) is 0. The van der Waals surface area contributed by atoms with Crippen LogP contribution in [0, 0.1) is 37.9 Å². The van der Waals surface area contributed by atoms with E-state index in [0.29, 0.717) is 50.1 Å². The molecule has 360 valence electrons. The predicted octanol–water partition coefficient (Wildman–Crippen LogP) is 13.0. The highest BCUT2D eigenvalue weighted by Gasteiger charge is 2.34. The van der Waals surface area contributed by atoms with E-state index in [2.05, 4.69) is 118 Å². The molecule has 7 rings (SSSR count). The summed E-state index contributed by atoms with van der Waals surface area (Å²) in [6.07, 6.45) is 15.9. The van der Waals surface area contributed by atoms with Crippen molar-refractivity contribution in [3.05, 3.63) is 0 Å². The topological polar surface area (TPSA) is 94.6 Å². The molecule has 0 aromatic carbocycles. The van der Waals surface area contributed by atoms with E-state index in [1.54, 1.807) is 0 Å². The van der Waals surface area contributed by atoms with E-state index in [0.717, 1.165) is 50.4 Å². The number of hydrogen-bond acceptors (Lipinski definition) is 9. The summed E-state index contributed by atoms with van der Waals surface area (Å²) >= 11 is 6.30. The van der Waals surface area contributed by atoms with E-state index in [4.69, 9.17) is 4.74 Å². The Balaban J connectivity index is 0.000000351. The Hall–Kier alpha value is 1.06. The van der Waals surface area contributed by atoms with Crippen LogP contribution in [0.1, 0.15) is 180 Å². The third kappa shape index (κ3) is 31.1. The molecule has 60 heavy (non-hydrogen) atoms. The van der Waals surface area contributed by atoms with Gasteiger partial charge in [-0.15, -0.1) is 0 Å². The van der Waals surface area contributed by atoms with Crippen molar-refractivity contribution in [3.63, 3.8) is 0 Å². The molecule has 0 N–H and O–H groups in total. The molecular weight excluding hydrogens is 865 g/mol. The summed E-state index contributed by atoms with van der Waals surface area (Å²) in [5.41, 5.74) is 3.16. The highest BCUT2D eigenvalue weighted by Crippen LogP contribution is 2.36. The summed E-state index contributed by atoms with van der Waals surface area (Å²) in [5.74, 6) is 11.7. The van der Waals surface area contributed by atoms with Gasteiger partial charge in [-0.3, -0.25) is 4.21 Å². The first-order chi connectivity index (χ1) is 27.3. The van der Waals surface area contributed by atoms with Gasteiger partial charge in [-0.05, 0) is 156 Å². The van der Waals surface area contributed by atoms with Gasteiger partial charge < -0.3 is 4.74 Å². The van der Waals surface area contributed by atoms with Gasteiger partial charge in [0.15, 0.2) is 9.84 Å². The van der Waals surface area contributed by atoms with Crippen molar-refractivity contribution in [2.24, 2.45) is 37.9 Å². The second-order valence-corrected chi connectivity index (χ2v) is 33.6. The molecule has 0 spiro atoms. The molecule has 7 saturated heterocycles. The first-order valence-corrected chi connectivity index (χ1v) is 31.9. The van der Waals surface area contributed by atoms with Gasteiger partial charge in [-0.25, -0.2) is 16.8 Å². The average molecular weight is 962 g/mol. The molecule has 7 fully saturated rings. The lowest BCUT2D eigenvalue weighted by Gasteiger charge is -2.28. The molecule has 0 radical (unpaired) electrons. The first kappa shape index (κ1) is 59.1. The summed E-state index contributed by atoms with van der Waals surface area (Å²) in [5, 5.41) is 0. The molecule has 0 aromatic heterocycles. The van der Waals surface area contributed by atoms with Gasteiger partial charge in [0.2, 0.25) is 0 Å². The maximum absolute atomic E-state index is 10.9. The van der Waals surface area contributed by atoms with Crippen molar-refractivity contribution in [2.45, 2.75) is 180 Å². The lowest BCUT2D eigenvalue weighted by Crippen LogP contribution is -2.28. The average Bonchev–Trinajstić information content (AvgIpc) is 3.62. The lowest BCUT2D eigenvalue weighted by molar-refractivity contribution is 0.136. The molecule has 0 bridgehead atoms. The monoisotopic (exact) mass is 961 g/mol. The van der Waals surface area contributed by atoms with Crippen LogP contribution >= 0.6 is 35.3 Å².